The molecule has 58 valence electrons. The zero-order valence-corrected chi connectivity index (χ0v) is 6.12. The average Bonchev–Trinajstić information content (AvgIpc) is 2.46. The van der Waals surface area contributed by atoms with E-state index < -0.39 is 0 Å². The molecule has 1 aromatic heterocycles. The maximum atomic E-state index is 8.86. The summed E-state index contributed by atoms with van der Waals surface area (Å²) in [5.74, 6) is 0. The van der Waals surface area contributed by atoms with Gasteiger partial charge in [-0.05, 0) is 18.1 Å². The summed E-state index contributed by atoms with van der Waals surface area (Å²) in [7, 11) is 0. The van der Waals surface area contributed by atoms with E-state index in [-0.39, 0.29) is 12.6 Å². The second kappa shape index (κ2) is 2.51. The van der Waals surface area contributed by atoms with E-state index in [9.17, 15) is 0 Å². The molecule has 0 bridgehead atoms. The number of nitrogens with one attached hydrogen (secondary N) is 1. The van der Waals surface area contributed by atoms with Gasteiger partial charge in [0.05, 0.1) is 12.6 Å². The summed E-state index contributed by atoms with van der Waals surface area (Å²) in [5.41, 5.74) is 2.31. The van der Waals surface area contributed by atoms with Crippen LogP contribution in [0.15, 0.2) is 18.5 Å². The van der Waals surface area contributed by atoms with Gasteiger partial charge in [0.1, 0.15) is 0 Å². The predicted molar refractivity (Wildman–Crippen MR) is 42.4 cm³/mol. The molecule has 0 saturated heterocycles. The van der Waals surface area contributed by atoms with E-state index in [1.165, 1.54) is 5.56 Å². The van der Waals surface area contributed by atoms with Gasteiger partial charge in [0.15, 0.2) is 0 Å². The highest BCUT2D eigenvalue weighted by Gasteiger charge is 2.18. The molecule has 2 N–H and O–H groups in total. The summed E-state index contributed by atoms with van der Waals surface area (Å²) in [6, 6.07) is 2.12. The van der Waals surface area contributed by atoms with Crippen molar-refractivity contribution < 1.29 is 5.11 Å². The van der Waals surface area contributed by atoms with Crippen LogP contribution in [0.25, 0.3) is 0 Å². The van der Waals surface area contributed by atoms with Crippen LogP contribution < -0.4 is 5.32 Å². The Balaban J connectivity index is 2.27. The molecule has 0 aliphatic carbocycles. The van der Waals surface area contributed by atoms with Gasteiger partial charge in [0.2, 0.25) is 0 Å². The van der Waals surface area contributed by atoms with Crippen molar-refractivity contribution in [1.29, 1.82) is 0 Å². The fourth-order valence-corrected chi connectivity index (χ4v) is 1.38. The molecule has 0 saturated carbocycles. The lowest BCUT2D eigenvalue weighted by atomic mass is 10.2. The van der Waals surface area contributed by atoms with E-state index in [4.69, 9.17) is 5.11 Å². The van der Waals surface area contributed by atoms with Crippen LogP contribution in [0.4, 0.5) is 5.69 Å². The summed E-state index contributed by atoms with van der Waals surface area (Å²) in [4.78, 5) is 4.00. The zero-order valence-electron chi connectivity index (χ0n) is 6.12. The van der Waals surface area contributed by atoms with Crippen molar-refractivity contribution in [3.05, 3.63) is 24.0 Å². The predicted octanol–water partition coefficient (Wildman–Crippen LogP) is 0.411. The summed E-state index contributed by atoms with van der Waals surface area (Å²) < 4.78 is 0. The molecule has 0 fully saturated rings. The smallest absolute Gasteiger partial charge is 0.0636 e. The number of hydrogen-bond acceptors (Lipinski definition) is 3. The number of nitrogens with zero attached hydrogens (tertiary/aromatic N) is 1. The Hall–Kier alpha value is -1.09. The molecule has 0 spiro atoms. The van der Waals surface area contributed by atoms with Gasteiger partial charge in [0.25, 0.3) is 0 Å². The highest BCUT2D eigenvalue weighted by Crippen LogP contribution is 2.23. The van der Waals surface area contributed by atoms with E-state index in [0.29, 0.717) is 0 Å². The lowest BCUT2D eigenvalue weighted by molar-refractivity contribution is 0.277. The van der Waals surface area contributed by atoms with Crippen LogP contribution in [0.2, 0.25) is 0 Å². The normalized spacial score (nSPS) is 21.0. The van der Waals surface area contributed by atoms with Crippen molar-refractivity contribution in [2.24, 2.45) is 0 Å². The molecule has 3 nitrogen and oxygen atoms in total. The van der Waals surface area contributed by atoms with Crippen molar-refractivity contribution in [3.8, 4) is 0 Å². The molecule has 0 amide bonds. The maximum absolute atomic E-state index is 8.86. The van der Waals surface area contributed by atoms with Gasteiger partial charge in [-0.25, -0.2) is 0 Å². The van der Waals surface area contributed by atoms with Crippen molar-refractivity contribution in [2.45, 2.75) is 12.5 Å². The molecule has 1 unspecified atom stereocenters. The van der Waals surface area contributed by atoms with E-state index >= 15 is 0 Å². The number of aliphatic hydroxyl groups excluding tert-OH is 1. The van der Waals surface area contributed by atoms with Gasteiger partial charge >= 0.3 is 0 Å². The second-order valence-corrected chi connectivity index (χ2v) is 2.76. The Morgan fingerprint density at radius 3 is 3.36 bits per heavy atom. The third-order valence-corrected chi connectivity index (χ3v) is 1.95. The first-order valence-corrected chi connectivity index (χ1v) is 3.70. The average molecular weight is 150 g/mol. The Kier molecular flexibility index (Phi) is 1.51. The quantitative estimate of drug-likeness (QED) is 0.609. The molecular formula is C8H10N2O. The minimum absolute atomic E-state index is 0.189. The minimum atomic E-state index is 0.189. The fourth-order valence-electron chi connectivity index (χ4n) is 1.38. The van der Waals surface area contributed by atoms with Crippen LogP contribution in [-0.4, -0.2) is 22.7 Å². The van der Waals surface area contributed by atoms with Crippen LogP contribution in [-0.2, 0) is 6.42 Å². The highest BCUT2D eigenvalue weighted by molar-refractivity contribution is 5.55. The SMILES string of the molecule is OCC1Cc2cnccc2N1. The number of fused-ring (bicyclic) bond motifs is 1. The van der Waals surface area contributed by atoms with Crippen LogP contribution in [0.5, 0.6) is 0 Å². The first-order valence-electron chi connectivity index (χ1n) is 3.70. The first kappa shape index (κ1) is 6.61. The van der Waals surface area contributed by atoms with E-state index in [2.05, 4.69) is 10.3 Å². The van der Waals surface area contributed by atoms with E-state index in [1.54, 1.807) is 6.20 Å². The van der Waals surface area contributed by atoms with Crippen LogP contribution in [0.3, 0.4) is 0 Å². The molecule has 2 heterocycles. The minimum Gasteiger partial charge on any atom is -0.394 e. The number of aromatic nitrogens is 1. The van der Waals surface area contributed by atoms with Crippen molar-refractivity contribution in [3.63, 3.8) is 0 Å². The number of anilines is 1. The molecular weight excluding hydrogens is 140 g/mol. The molecule has 11 heavy (non-hydrogen) atoms. The molecule has 1 aromatic rings. The van der Waals surface area contributed by atoms with Gasteiger partial charge in [-0.3, -0.25) is 4.98 Å². The molecule has 1 atom stereocenters. The first-order chi connectivity index (χ1) is 5.40. The van der Waals surface area contributed by atoms with Crippen molar-refractivity contribution >= 4 is 5.69 Å². The largest absolute Gasteiger partial charge is 0.394 e. The molecule has 0 aromatic carbocycles. The monoisotopic (exact) mass is 150 g/mol. The number of aliphatic hydroxyl groups is 1. The summed E-state index contributed by atoms with van der Waals surface area (Å²) in [6.45, 7) is 0.189. The van der Waals surface area contributed by atoms with Gasteiger partial charge in [-0.2, -0.15) is 0 Å². The third kappa shape index (κ3) is 1.07. The topological polar surface area (TPSA) is 45.2 Å². The van der Waals surface area contributed by atoms with Crippen LogP contribution in [0.1, 0.15) is 5.56 Å². The fraction of sp³-hybridized carbons (Fsp3) is 0.375. The summed E-state index contributed by atoms with van der Waals surface area (Å²) >= 11 is 0. The molecule has 3 heteroatoms. The number of hydrogen-bond donors (Lipinski definition) is 2. The van der Waals surface area contributed by atoms with Gasteiger partial charge < -0.3 is 10.4 Å². The third-order valence-electron chi connectivity index (χ3n) is 1.95. The molecule has 1 aliphatic rings. The van der Waals surface area contributed by atoms with Crippen molar-refractivity contribution in [2.75, 3.05) is 11.9 Å². The second-order valence-electron chi connectivity index (χ2n) is 2.76. The lowest BCUT2D eigenvalue weighted by Crippen LogP contribution is -2.19. The summed E-state index contributed by atoms with van der Waals surface area (Å²) in [6.07, 6.45) is 4.49. The van der Waals surface area contributed by atoms with Gasteiger partial charge in [-0.15, -0.1) is 0 Å². The summed E-state index contributed by atoms with van der Waals surface area (Å²) in [5, 5.41) is 12.0. The number of pyridine rings is 1. The standard InChI is InChI=1S/C8H10N2O/c11-5-7-3-6-4-9-2-1-8(6)10-7/h1-2,4,7,10-11H,3,5H2. The van der Waals surface area contributed by atoms with Crippen LogP contribution in [0, 0.1) is 0 Å². The Bertz CT molecular complexity index is 237. The van der Waals surface area contributed by atoms with Gasteiger partial charge in [-0.1, -0.05) is 0 Å². The number of rotatable bonds is 1. The Labute approximate surface area is 65.1 Å². The van der Waals surface area contributed by atoms with E-state index in [1.807, 2.05) is 12.3 Å². The molecule has 0 radical (unpaired) electrons. The Morgan fingerprint density at radius 1 is 1.73 bits per heavy atom. The Morgan fingerprint density at radius 2 is 2.64 bits per heavy atom. The van der Waals surface area contributed by atoms with Gasteiger partial charge in [0, 0.05) is 18.1 Å². The maximum Gasteiger partial charge on any atom is 0.0636 e. The highest BCUT2D eigenvalue weighted by atomic mass is 16.3. The van der Waals surface area contributed by atoms with Crippen LogP contribution >= 0.6 is 0 Å². The molecule has 1 aliphatic heterocycles. The lowest BCUT2D eigenvalue weighted by Gasteiger charge is -2.04. The molecule has 2 rings (SSSR count). The van der Waals surface area contributed by atoms with E-state index in [0.717, 1.165) is 12.1 Å². The zero-order chi connectivity index (χ0) is 7.68. The van der Waals surface area contributed by atoms with Crippen molar-refractivity contribution in [1.82, 2.24) is 4.98 Å².